The van der Waals surface area contributed by atoms with E-state index in [1.165, 1.54) is 15.9 Å². The summed E-state index contributed by atoms with van der Waals surface area (Å²) in [6.07, 6.45) is 3.09. The first-order valence-corrected chi connectivity index (χ1v) is 11.4. The smallest absolute Gasteiger partial charge is 0.162 e. The summed E-state index contributed by atoms with van der Waals surface area (Å²) in [6.45, 7) is -1.26. The fourth-order valence-corrected chi connectivity index (χ4v) is 7.10. The Bertz CT molecular complexity index is 782. The fraction of sp³-hybridized carbons (Fsp3) is 0.208. The van der Waals surface area contributed by atoms with Gasteiger partial charge in [0.15, 0.2) is 6.29 Å². The lowest BCUT2D eigenvalue weighted by atomic mass is 10.2. The molecule has 0 bridgehead atoms. The Balaban J connectivity index is 1.91. The molecular formula is C24H25O2P. The van der Waals surface area contributed by atoms with Crippen LogP contribution in [0.25, 0.3) is 0 Å². The second kappa shape index (κ2) is 8.71. The first kappa shape index (κ1) is 18.3. The van der Waals surface area contributed by atoms with Crippen molar-refractivity contribution in [2.45, 2.75) is 25.6 Å². The van der Waals surface area contributed by atoms with E-state index in [9.17, 15) is 0 Å². The van der Waals surface area contributed by atoms with Crippen molar-refractivity contribution in [1.29, 1.82) is 0 Å². The maximum absolute atomic E-state index is 6.31. The summed E-state index contributed by atoms with van der Waals surface area (Å²) in [7, 11) is 0. The first-order chi connectivity index (χ1) is 13.4. The summed E-state index contributed by atoms with van der Waals surface area (Å²) >= 11 is 0. The Labute approximate surface area is 161 Å². The van der Waals surface area contributed by atoms with Gasteiger partial charge in [0, 0.05) is 13.5 Å². The molecule has 27 heavy (non-hydrogen) atoms. The van der Waals surface area contributed by atoms with Crippen molar-refractivity contribution < 1.29 is 9.47 Å². The molecule has 3 aromatic carbocycles. The molecule has 0 amide bonds. The normalized spacial score (nSPS) is 17.4. The monoisotopic (exact) mass is 376 g/mol. The van der Waals surface area contributed by atoms with Gasteiger partial charge < -0.3 is 9.47 Å². The maximum Gasteiger partial charge on any atom is 0.162 e. The lowest BCUT2D eigenvalue weighted by Gasteiger charge is -2.30. The van der Waals surface area contributed by atoms with Gasteiger partial charge in [0.25, 0.3) is 0 Å². The highest BCUT2D eigenvalue weighted by molar-refractivity contribution is 7.94. The fourth-order valence-electron chi connectivity index (χ4n) is 3.60. The van der Waals surface area contributed by atoms with Crippen LogP contribution in [0.15, 0.2) is 91.0 Å². The number of hydrogen-bond acceptors (Lipinski definition) is 2. The molecule has 1 fully saturated rings. The van der Waals surface area contributed by atoms with E-state index in [1.54, 1.807) is 0 Å². The largest absolute Gasteiger partial charge is 0.352 e. The van der Waals surface area contributed by atoms with Gasteiger partial charge in [0.1, 0.15) is 0 Å². The second-order valence-electron chi connectivity index (χ2n) is 6.77. The van der Waals surface area contributed by atoms with E-state index in [4.69, 9.17) is 9.47 Å². The standard InChI is InChI=1S/C24H25O2P/c1-4-12-21(13-5-1)27(22-14-6-2-7-15-22,23-16-8-3-9-17-23)20-26-24-18-10-11-19-25-24/h1-9,12-17,20,24H,10-11,18-19H2. The van der Waals surface area contributed by atoms with E-state index < -0.39 is 6.89 Å². The minimum atomic E-state index is -2.05. The van der Waals surface area contributed by atoms with Crippen LogP contribution in [0.1, 0.15) is 19.3 Å². The summed E-state index contributed by atoms with van der Waals surface area (Å²) < 4.78 is 12.2. The van der Waals surface area contributed by atoms with Gasteiger partial charge in [-0.2, -0.15) is 0 Å². The van der Waals surface area contributed by atoms with E-state index in [2.05, 4.69) is 97.0 Å². The Morgan fingerprint density at radius 3 is 1.59 bits per heavy atom. The van der Waals surface area contributed by atoms with Crippen LogP contribution < -0.4 is 15.9 Å². The van der Waals surface area contributed by atoms with Crippen molar-refractivity contribution in [1.82, 2.24) is 0 Å². The van der Waals surface area contributed by atoms with Crippen molar-refractivity contribution in [3.05, 3.63) is 91.0 Å². The zero-order valence-electron chi connectivity index (χ0n) is 15.4. The van der Waals surface area contributed by atoms with E-state index in [0.29, 0.717) is 0 Å². The van der Waals surface area contributed by atoms with Crippen LogP contribution in [0.3, 0.4) is 0 Å². The van der Waals surface area contributed by atoms with Gasteiger partial charge in [-0.15, -0.1) is 0 Å². The molecule has 1 heterocycles. The van der Waals surface area contributed by atoms with Crippen LogP contribution in [-0.2, 0) is 9.47 Å². The number of rotatable bonds is 5. The predicted octanol–water partition coefficient (Wildman–Crippen LogP) is 4.28. The highest BCUT2D eigenvalue weighted by atomic mass is 31.2. The summed E-state index contributed by atoms with van der Waals surface area (Å²) in [5.74, 6) is 2.10. The van der Waals surface area contributed by atoms with Crippen LogP contribution in [0, 0.1) is 0 Å². The highest BCUT2D eigenvalue weighted by Gasteiger charge is 2.26. The molecule has 1 atom stereocenters. The van der Waals surface area contributed by atoms with Gasteiger partial charge in [0.2, 0.25) is 0 Å². The quantitative estimate of drug-likeness (QED) is 0.619. The zero-order valence-corrected chi connectivity index (χ0v) is 16.3. The molecule has 0 radical (unpaired) electrons. The van der Waals surface area contributed by atoms with Crippen molar-refractivity contribution in [3.8, 4) is 0 Å². The molecule has 0 aromatic heterocycles. The SMILES string of the molecule is C(OC1CCCCO1)=P(c1ccccc1)(c1ccccc1)c1ccccc1. The molecule has 2 nitrogen and oxygen atoms in total. The van der Waals surface area contributed by atoms with Crippen LogP contribution in [0.4, 0.5) is 0 Å². The summed E-state index contributed by atoms with van der Waals surface area (Å²) in [4.78, 5) is 0. The van der Waals surface area contributed by atoms with Crippen molar-refractivity contribution in [2.24, 2.45) is 0 Å². The lowest BCUT2D eigenvalue weighted by molar-refractivity contribution is -0.108. The van der Waals surface area contributed by atoms with Crippen LogP contribution in [-0.4, -0.2) is 18.9 Å². The van der Waals surface area contributed by atoms with Gasteiger partial charge in [-0.25, -0.2) is 0 Å². The minimum absolute atomic E-state index is 0.144. The Morgan fingerprint density at radius 1 is 0.704 bits per heavy atom. The molecule has 0 N–H and O–H groups in total. The Morgan fingerprint density at radius 2 is 1.19 bits per heavy atom. The van der Waals surface area contributed by atoms with Gasteiger partial charge in [-0.05, 0) is 35.2 Å². The number of ether oxygens (including phenoxy) is 2. The van der Waals surface area contributed by atoms with Gasteiger partial charge >= 0.3 is 0 Å². The first-order valence-electron chi connectivity index (χ1n) is 9.57. The highest BCUT2D eigenvalue weighted by Crippen LogP contribution is 2.43. The van der Waals surface area contributed by atoms with Crippen molar-refractivity contribution in [2.75, 3.05) is 6.61 Å². The molecule has 0 saturated carbocycles. The van der Waals surface area contributed by atoms with E-state index in [1.807, 2.05) is 0 Å². The lowest BCUT2D eigenvalue weighted by Crippen LogP contribution is -2.29. The summed E-state index contributed by atoms with van der Waals surface area (Å²) in [5, 5.41) is 3.87. The van der Waals surface area contributed by atoms with Crippen LogP contribution >= 0.6 is 6.89 Å². The molecule has 1 saturated heterocycles. The average molecular weight is 376 g/mol. The predicted molar refractivity (Wildman–Crippen MR) is 116 cm³/mol. The molecule has 0 spiro atoms. The summed E-state index contributed by atoms with van der Waals surface area (Å²) in [5.41, 5.74) is 0. The molecule has 138 valence electrons. The van der Waals surface area contributed by atoms with Gasteiger partial charge in [-0.3, -0.25) is 0 Å². The Hall–Kier alpha value is -2.12. The number of benzene rings is 3. The van der Waals surface area contributed by atoms with Crippen molar-refractivity contribution >= 4 is 28.8 Å². The van der Waals surface area contributed by atoms with E-state index >= 15 is 0 Å². The topological polar surface area (TPSA) is 18.5 Å². The third kappa shape index (κ3) is 3.94. The molecule has 1 unspecified atom stereocenters. The molecule has 1 aliphatic rings. The zero-order chi connectivity index (χ0) is 18.4. The van der Waals surface area contributed by atoms with Crippen molar-refractivity contribution in [3.63, 3.8) is 0 Å². The van der Waals surface area contributed by atoms with E-state index in [0.717, 1.165) is 25.9 Å². The van der Waals surface area contributed by atoms with Crippen LogP contribution in [0.2, 0.25) is 0 Å². The summed E-state index contributed by atoms with van der Waals surface area (Å²) in [6, 6.07) is 32.2. The third-order valence-corrected chi connectivity index (χ3v) is 8.78. The molecule has 0 aliphatic carbocycles. The average Bonchev–Trinajstić information content (AvgIpc) is 2.77. The molecule has 4 rings (SSSR count). The third-order valence-electron chi connectivity index (χ3n) is 5.00. The molecule has 3 aromatic rings. The minimum Gasteiger partial charge on any atom is -0.352 e. The number of hydrogen-bond donors (Lipinski definition) is 0. The Kier molecular flexibility index (Phi) is 5.89. The van der Waals surface area contributed by atoms with Crippen LogP contribution in [0.5, 0.6) is 0 Å². The van der Waals surface area contributed by atoms with Gasteiger partial charge in [0.05, 0.1) is 5.98 Å². The van der Waals surface area contributed by atoms with E-state index in [-0.39, 0.29) is 6.29 Å². The molecular weight excluding hydrogens is 351 g/mol. The molecule has 1 aliphatic heterocycles. The van der Waals surface area contributed by atoms with Gasteiger partial charge in [-0.1, -0.05) is 91.0 Å². The maximum atomic E-state index is 6.31. The second-order valence-corrected chi connectivity index (χ2v) is 9.97. The molecule has 3 heteroatoms.